The Hall–Kier alpha value is -0.130. The fourth-order valence-corrected chi connectivity index (χ4v) is 2.14. The van der Waals surface area contributed by atoms with E-state index in [9.17, 15) is 8.42 Å². The van der Waals surface area contributed by atoms with E-state index in [-0.39, 0.29) is 11.8 Å². The van der Waals surface area contributed by atoms with E-state index in [2.05, 4.69) is 13.8 Å². The SMILES string of the molecule is CC(C)CC(N)CN(C)CCS(C)(=O)=O. The van der Waals surface area contributed by atoms with Gasteiger partial charge in [0, 0.05) is 25.4 Å². The zero-order valence-electron chi connectivity index (χ0n) is 10.2. The van der Waals surface area contributed by atoms with E-state index >= 15 is 0 Å². The molecule has 1 atom stereocenters. The Balaban J connectivity index is 3.78. The highest BCUT2D eigenvalue weighted by atomic mass is 32.2. The molecule has 5 heteroatoms. The third kappa shape index (κ3) is 10.2. The van der Waals surface area contributed by atoms with E-state index < -0.39 is 9.84 Å². The van der Waals surface area contributed by atoms with Gasteiger partial charge in [-0.3, -0.25) is 0 Å². The van der Waals surface area contributed by atoms with Gasteiger partial charge in [-0.2, -0.15) is 0 Å². The molecule has 0 rings (SSSR count). The summed E-state index contributed by atoms with van der Waals surface area (Å²) in [6.45, 7) is 5.59. The van der Waals surface area contributed by atoms with Crippen molar-refractivity contribution in [3.05, 3.63) is 0 Å². The Morgan fingerprint density at radius 2 is 1.87 bits per heavy atom. The van der Waals surface area contributed by atoms with Crippen molar-refractivity contribution in [1.29, 1.82) is 0 Å². The third-order valence-corrected chi connectivity index (χ3v) is 3.09. The molecule has 0 amide bonds. The number of rotatable bonds is 7. The largest absolute Gasteiger partial charge is 0.327 e. The van der Waals surface area contributed by atoms with Crippen LogP contribution in [0.2, 0.25) is 0 Å². The Morgan fingerprint density at radius 3 is 2.27 bits per heavy atom. The van der Waals surface area contributed by atoms with Crippen molar-refractivity contribution in [2.75, 3.05) is 32.1 Å². The van der Waals surface area contributed by atoms with Crippen LogP contribution < -0.4 is 5.73 Å². The lowest BCUT2D eigenvalue weighted by molar-refractivity contribution is 0.307. The summed E-state index contributed by atoms with van der Waals surface area (Å²) in [4.78, 5) is 1.98. The minimum atomic E-state index is -2.86. The number of hydrogen-bond donors (Lipinski definition) is 1. The van der Waals surface area contributed by atoms with Gasteiger partial charge in [-0.05, 0) is 19.4 Å². The maximum absolute atomic E-state index is 10.9. The predicted octanol–water partition coefficient (Wildman–Crippen LogP) is 0.336. The number of sulfone groups is 1. The fourth-order valence-electron chi connectivity index (χ4n) is 1.49. The predicted molar refractivity (Wildman–Crippen MR) is 64.6 cm³/mol. The molecule has 0 fully saturated rings. The van der Waals surface area contributed by atoms with Crippen LogP contribution in [0, 0.1) is 5.92 Å². The molecular formula is C10H24N2O2S. The minimum absolute atomic E-state index is 0.134. The van der Waals surface area contributed by atoms with Gasteiger partial charge in [-0.15, -0.1) is 0 Å². The Morgan fingerprint density at radius 1 is 1.33 bits per heavy atom. The highest BCUT2D eigenvalue weighted by molar-refractivity contribution is 7.90. The summed E-state index contributed by atoms with van der Waals surface area (Å²) in [5.41, 5.74) is 5.92. The molecule has 0 saturated carbocycles. The molecule has 0 aliphatic heterocycles. The highest BCUT2D eigenvalue weighted by Crippen LogP contribution is 2.03. The van der Waals surface area contributed by atoms with Crippen LogP contribution in [0.25, 0.3) is 0 Å². The highest BCUT2D eigenvalue weighted by Gasteiger charge is 2.10. The van der Waals surface area contributed by atoms with Gasteiger partial charge in [0.05, 0.1) is 5.75 Å². The second-order valence-corrected chi connectivity index (χ2v) is 7.04. The van der Waals surface area contributed by atoms with E-state index in [0.717, 1.165) is 13.0 Å². The summed E-state index contributed by atoms with van der Waals surface area (Å²) < 4.78 is 21.9. The lowest BCUT2D eigenvalue weighted by Gasteiger charge is -2.21. The second-order valence-electron chi connectivity index (χ2n) is 4.78. The number of hydrogen-bond acceptors (Lipinski definition) is 4. The fraction of sp³-hybridized carbons (Fsp3) is 1.00. The average Bonchev–Trinajstić information content (AvgIpc) is 1.97. The summed E-state index contributed by atoms with van der Waals surface area (Å²) >= 11 is 0. The first kappa shape index (κ1) is 14.9. The van der Waals surface area contributed by atoms with Crippen molar-refractivity contribution < 1.29 is 8.42 Å². The molecule has 15 heavy (non-hydrogen) atoms. The standard InChI is InChI=1S/C10H24N2O2S/c1-9(2)7-10(11)8-12(3)5-6-15(4,13)14/h9-10H,5-8,11H2,1-4H3. The van der Waals surface area contributed by atoms with Crippen molar-refractivity contribution in [2.45, 2.75) is 26.3 Å². The van der Waals surface area contributed by atoms with Gasteiger partial charge < -0.3 is 10.6 Å². The van der Waals surface area contributed by atoms with Crippen molar-refractivity contribution in [3.63, 3.8) is 0 Å². The van der Waals surface area contributed by atoms with Gasteiger partial charge in [0.1, 0.15) is 9.84 Å². The maximum Gasteiger partial charge on any atom is 0.148 e. The molecule has 2 N–H and O–H groups in total. The average molecular weight is 236 g/mol. The molecule has 1 unspecified atom stereocenters. The lowest BCUT2D eigenvalue weighted by atomic mass is 10.0. The van der Waals surface area contributed by atoms with E-state index in [0.29, 0.717) is 12.5 Å². The quantitative estimate of drug-likeness (QED) is 0.692. The molecule has 0 aromatic heterocycles. The first-order valence-corrected chi connectivity index (χ1v) is 7.38. The van der Waals surface area contributed by atoms with Crippen LogP contribution in [0.1, 0.15) is 20.3 Å². The molecule has 0 aliphatic carbocycles. The molecule has 0 radical (unpaired) electrons. The van der Waals surface area contributed by atoms with Gasteiger partial charge in [-0.1, -0.05) is 13.8 Å². The molecule has 4 nitrogen and oxygen atoms in total. The van der Waals surface area contributed by atoms with Crippen LogP contribution in [-0.4, -0.2) is 51.5 Å². The molecular weight excluding hydrogens is 212 g/mol. The molecule has 0 spiro atoms. The third-order valence-electron chi connectivity index (χ3n) is 2.16. The van der Waals surface area contributed by atoms with Gasteiger partial charge in [0.2, 0.25) is 0 Å². The van der Waals surface area contributed by atoms with E-state index in [1.54, 1.807) is 0 Å². The molecule has 0 saturated heterocycles. The van der Waals surface area contributed by atoms with E-state index in [1.165, 1.54) is 6.26 Å². The molecule has 0 heterocycles. The maximum atomic E-state index is 10.9. The number of nitrogens with zero attached hydrogens (tertiary/aromatic N) is 1. The molecule has 0 bridgehead atoms. The van der Waals surface area contributed by atoms with Crippen LogP contribution >= 0.6 is 0 Å². The minimum Gasteiger partial charge on any atom is -0.327 e. The summed E-state index contributed by atoms with van der Waals surface area (Å²) in [7, 11) is -0.952. The van der Waals surface area contributed by atoms with Gasteiger partial charge >= 0.3 is 0 Å². The first-order valence-electron chi connectivity index (χ1n) is 5.32. The lowest BCUT2D eigenvalue weighted by Crippen LogP contribution is -2.38. The van der Waals surface area contributed by atoms with Crippen LogP contribution in [0.15, 0.2) is 0 Å². The van der Waals surface area contributed by atoms with Gasteiger partial charge in [0.25, 0.3) is 0 Å². The summed E-state index contributed by atoms with van der Waals surface area (Å²) in [6.07, 6.45) is 2.23. The smallest absolute Gasteiger partial charge is 0.148 e. The first-order chi connectivity index (χ1) is 6.70. The monoisotopic (exact) mass is 236 g/mol. The molecule has 0 aromatic rings. The zero-order chi connectivity index (χ0) is 12.1. The number of nitrogens with two attached hydrogens (primary N) is 1. The Labute approximate surface area is 93.7 Å². The zero-order valence-corrected chi connectivity index (χ0v) is 11.0. The van der Waals surface area contributed by atoms with Crippen molar-refractivity contribution >= 4 is 9.84 Å². The van der Waals surface area contributed by atoms with E-state index in [4.69, 9.17) is 5.73 Å². The summed E-state index contributed by atoms with van der Waals surface area (Å²) in [5.74, 6) is 0.793. The van der Waals surface area contributed by atoms with Crippen molar-refractivity contribution in [3.8, 4) is 0 Å². The van der Waals surface area contributed by atoms with Crippen LogP contribution in [0.5, 0.6) is 0 Å². The van der Waals surface area contributed by atoms with Crippen molar-refractivity contribution in [1.82, 2.24) is 4.90 Å². The molecule has 0 aliphatic rings. The Kier molecular flexibility index (Phi) is 6.40. The topological polar surface area (TPSA) is 63.4 Å². The van der Waals surface area contributed by atoms with E-state index in [1.807, 2.05) is 11.9 Å². The van der Waals surface area contributed by atoms with Crippen LogP contribution in [-0.2, 0) is 9.84 Å². The summed E-state index contributed by atoms with van der Waals surface area (Å²) in [5, 5.41) is 0. The Bertz CT molecular complexity index is 263. The summed E-state index contributed by atoms with van der Waals surface area (Å²) in [6, 6.07) is 0.134. The van der Waals surface area contributed by atoms with Gasteiger partial charge in [-0.25, -0.2) is 8.42 Å². The second kappa shape index (κ2) is 6.45. The molecule has 0 aromatic carbocycles. The number of likely N-dealkylation sites (N-methyl/N-ethyl adjacent to an activating group) is 1. The normalized spacial score (nSPS) is 14.9. The van der Waals surface area contributed by atoms with Crippen LogP contribution in [0.4, 0.5) is 0 Å². The van der Waals surface area contributed by atoms with Gasteiger partial charge in [0.15, 0.2) is 0 Å². The van der Waals surface area contributed by atoms with Crippen LogP contribution in [0.3, 0.4) is 0 Å². The molecule has 92 valence electrons. The van der Waals surface area contributed by atoms with Crippen molar-refractivity contribution in [2.24, 2.45) is 11.7 Å².